The van der Waals surface area contributed by atoms with Crippen LogP contribution >= 0.6 is 25.4 Å². The maximum absolute atomic E-state index is 10.4. The van der Waals surface area contributed by atoms with Gasteiger partial charge in [0.2, 0.25) is 0 Å². The van der Waals surface area contributed by atoms with E-state index in [1.54, 1.807) is 7.11 Å². The molecular formula is C5H11NO2S2Zn. The van der Waals surface area contributed by atoms with Crippen molar-refractivity contribution in [3.63, 3.8) is 0 Å². The number of carbonyl (C=O) groups is 1. The third-order valence-corrected chi connectivity index (χ3v) is 1.72. The third kappa shape index (κ3) is 8.66. The van der Waals surface area contributed by atoms with E-state index in [4.69, 9.17) is 4.74 Å². The Morgan fingerprint density at radius 1 is 1.64 bits per heavy atom. The van der Waals surface area contributed by atoms with E-state index in [0.717, 1.165) is 6.42 Å². The van der Waals surface area contributed by atoms with E-state index in [9.17, 15) is 4.79 Å². The van der Waals surface area contributed by atoms with Gasteiger partial charge in [0.05, 0.1) is 0 Å². The van der Waals surface area contributed by atoms with Gasteiger partial charge in [-0.1, -0.05) is 25.4 Å². The third-order valence-electron chi connectivity index (χ3n) is 0.939. The number of carbonyl (C=O) groups excluding carboxylic acids is 1. The molecule has 0 radical (unpaired) electrons. The summed E-state index contributed by atoms with van der Waals surface area (Å²) in [4.78, 5) is 10.4. The van der Waals surface area contributed by atoms with Crippen LogP contribution in [0, 0.1) is 0 Å². The molecule has 0 unspecified atom stereocenters. The molecule has 0 aromatic heterocycles. The smallest absolute Gasteiger partial charge is 0.288 e. The van der Waals surface area contributed by atoms with Crippen LogP contribution < -0.4 is 0 Å². The van der Waals surface area contributed by atoms with Crippen molar-refractivity contribution in [2.24, 2.45) is 0 Å². The normalized spacial score (nSPS) is 8.64. The van der Waals surface area contributed by atoms with Crippen LogP contribution in [0.1, 0.15) is 6.42 Å². The molecule has 0 rings (SSSR count). The van der Waals surface area contributed by atoms with Gasteiger partial charge in [-0.3, -0.25) is 9.10 Å². The van der Waals surface area contributed by atoms with Crippen molar-refractivity contribution in [2.75, 3.05) is 20.3 Å². The second-order valence-electron chi connectivity index (χ2n) is 1.75. The fourth-order valence-electron chi connectivity index (χ4n) is 0.454. The monoisotopic (exact) mass is 245 g/mol. The van der Waals surface area contributed by atoms with Crippen molar-refractivity contribution >= 4 is 30.7 Å². The maximum Gasteiger partial charge on any atom is 0.288 e. The molecule has 0 aromatic carbocycles. The predicted molar refractivity (Wildman–Crippen MR) is 46.6 cm³/mol. The Kier molecular flexibility index (Phi) is 11.5. The predicted octanol–water partition coefficient (Wildman–Crippen LogP) is 1.22. The molecule has 6 heteroatoms. The van der Waals surface area contributed by atoms with E-state index in [0.29, 0.717) is 13.2 Å². The minimum atomic E-state index is -0.334. The second-order valence-corrected chi connectivity index (χ2v) is 2.62. The fourth-order valence-corrected chi connectivity index (χ4v) is 0.696. The average Bonchev–Trinajstić information content (AvgIpc) is 1.88. The van der Waals surface area contributed by atoms with Crippen molar-refractivity contribution in [1.82, 2.24) is 4.31 Å². The van der Waals surface area contributed by atoms with E-state index in [1.165, 1.54) is 4.31 Å². The molecule has 0 atom stereocenters. The zero-order chi connectivity index (χ0) is 7.98. The topological polar surface area (TPSA) is 29.5 Å². The van der Waals surface area contributed by atoms with Crippen molar-refractivity contribution in [3.8, 4) is 0 Å². The molecule has 0 aliphatic heterocycles. The van der Waals surface area contributed by atoms with Gasteiger partial charge in [-0.2, -0.15) is 0 Å². The van der Waals surface area contributed by atoms with Crippen LogP contribution in [0.5, 0.6) is 0 Å². The summed E-state index contributed by atoms with van der Waals surface area (Å²) >= 11 is 7.41. The fraction of sp³-hybridized carbons (Fsp3) is 0.800. The average molecular weight is 247 g/mol. The zero-order valence-corrected chi connectivity index (χ0v) is 11.2. The quantitative estimate of drug-likeness (QED) is 0.444. The van der Waals surface area contributed by atoms with Crippen LogP contribution in [-0.4, -0.2) is 29.8 Å². The molecule has 0 aromatic rings. The molecule has 0 fully saturated rings. The van der Waals surface area contributed by atoms with Crippen LogP contribution in [0.15, 0.2) is 0 Å². The molecule has 0 bridgehead atoms. The van der Waals surface area contributed by atoms with Gasteiger partial charge in [-0.05, 0) is 6.42 Å². The Morgan fingerprint density at radius 3 is 2.55 bits per heavy atom. The standard InChI is InChI=1S/C5H11NO2S2.Zn/c1-8-4-2-3-6(10)5(7)9;/h10H,2-4H2,1H3,(H,7,9);. The molecule has 1 amide bonds. The second kappa shape index (κ2) is 8.85. The summed E-state index contributed by atoms with van der Waals surface area (Å²) in [6.07, 6.45) is 0.784. The van der Waals surface area contributed by atoms with E-state index in [-0.39, 0.29) is 24.7 Å². The number of ether oxygens (including phenoxy) is 1. The van der Waals surface area contributed by atoms with E-state index >= 15 is 0 Å². The Labute approximate surface area is 90.6 Å². The number of thiol groups is 2. The number of methoxy groups -OCH3 is 1. The van der Waals surface area contributed by atoms with Crippen molar-refractivity contribution in [2.45, 2.75) is 6.42 Å². The van der Waals surface area contributed by atoms with E-state index in [2.05, 4.69) is 25.4 Å². The van der Waals surface area contributed by atoms with Gasteiger partial charge in [0.1, 0.15) is 0 Å². The van der Waals surface area contributed by atoms with Crippen LogP contribution in [0.25, 0.3) is 0 Å². The molecule has 0 saturated carbocycles. The van der Waals surface area contributed by atoms with E-state index in [1.807, 2.05) is 0 Å². The summed E-state index contributed by atoms with van der Waals surface area (Å²) in [7, 11) is 1.62. The van der Waals surface area contributed by atoms with Gasteiger partial charge >= 0.3 is 0 Å². The molecule has 0 aliphatic carbocycles. The number of rotatable bonds is 4. The Bertz CT molecular complexity index is 115. The summed E-state index contributed by atoms with van der Waals surface area (Å²) in [5.74, 6) is 0. The molecule has 62 valence electrons. The van der Waals surface area contributed by atoms with E-state index < -0.39 is 0 Å². The van der Waals surface area contributed by atoms with Gasteiger partial charge in [0.15, 0.2) is 0 Å². The summed E-state index contributed by atoms with van der Waals surface area (Å²) < 4.78 is 6.01. The molecular weight excluding hydrogens is 236 g/mol. The van der Waals surface area contributed by atoms with Crippen molar-refractivity contribution in [3.05, 3.63) is 0 Å². The number of nitrogens with zero attached hydrogens (tertiary/aromatic N) is 1. The van der Waals surface area contributed by atoms with Crippen molar-refractivity contribution in [1.29, 1.82) is 0 Å². The number of amides is 1. The molecule has 3 nitrogen and oxygen atoms in total. The Balaban J connectivity index is 0. The van der Waals surface area contributed by atoms with Gasteiger partial charge in [0, 0.05) is 39.7 Å². The summed E-state index contributed by atoms with van der Waals surface area (Å²) in [5.41, 5.74) is 0. The SMILES string of the molecule is COCCCN(S)C(=O)S.[Zn]. The number of hydrogen-bond donors (Lipinski definition) is 2. The van der Waals surface area contributed by atoms with Crippen LogP contribution in [-0.2, 0) is 24.2 Å². The largest absolute Gasteiger partial charge is 0.385 e. The molecule has 0 saturated heterocycles. The number of hydrogen-bond acceptors (Lipinski definition) is 3. The first-order chi connectivity index (χ1) is 4.68. The molecule has 0 heterocycles. The minimum absolute atomic E-state index is 0. The Hall–Kier alpha value is 0.753. The molecule has 0 spiro atoms. The first-order valence-corrected chi connectivity index (χ1v) is 3.71. The first-order valence-electron chi connectivity index (χ1n) is 2.86. The van der Waals surface area contributed by atoms with Crippen LogP contribution in [0.2, 0.25) is 0 Å². The van der Waals surface area contributed by atoms with Gasteiger partial charge in [-0.15, -0.1) is 0 Å². The Morgan fingerprint density at radius 2 is 2.18 bits per heavy atom. The molecule has 0 N–H and O–H groups in total. The summed E-state index contributed by atoms with van der Waals surface area (Å²) in [5, 5.41) is -0.334. The minimum Gasteiger partial charge on any atom is -0.385 e. The first kappa shape index (κ1) is 14.3. The van der Waals surface area contributed by atoms with Crippen molar-refractivity contribution < 1.29 is 29.0 Å². The van der Waals surface area contributed by atoms with Gasteiger partial charge in [-0.25, -0.2) is 0 Å². The maximum atomic E-state index is 10.4. The molecule has 11 heavy (non-hydrogen) atoms. The van der Waals surface area contributed by atoms with Gasteiger partial charge < -0.3 is 4.74 Å². The van der Waals surface area contributed by atoms with Crippen LogP contribution in [0.3, 0.4) is 0 Å². The summed E-state index contributed by atoms with van der Waals surface area (Å²) in [6, 6.07) is 0. The summed E-state index contributed by atoms with van der Waals surface area (Å²) in [6.45, 7) is 1.21. The zero-order valence-electron chi connectivity index (χ0n) is 6.49. The molecule has 0 aliphatic rings. The van der Waals surface area contributed by atoms with Crippen LogP contribution in [0.4, 0.5) is 4.79 Å². The van der Waals surface area contributed by atoms with Gasteiger partial charge in [0.25, 0.3) is 5.24 Å².